The fourth-order valence-corrected chi connectivity index (χ4v) is 16.6. The second kappa shape index (κ2) is 54.3. The van der Waals surface area contributed by atoms with E-state index in [1.165, 1.54) is 52.6 Å². The van der Waals surface area contributed by atoms with Gasteiger partial charge >= 0.3 is 18.3 Å². The van der Waals surface area contributed by atoms with Crippen LogP contribution in [0.5, 0.6) is 0 Å². The molecule has 0 aromatic rings. The van der Waals surface area contributed by atoms with E-state index < -0.39 is 115 Å². The van der Waals surface area contributed by atoms with Gasteiger partial charge in [-0.3, -0.25) is 43.2 Å². The molecule has 7 rings (SSSR count). The van der Waals surface area contributed by atoms with Crippen molar-refractivity contribution in [3.05, 3.63) is 175 Å². The van der Waals surface area contributed by atoms with Crippen LogP contribution in [0.4, 0.5) is 18.8 Å². The normalized spacial score (nSPS) is 31.6. The average Bonchev–Trinajstić information content (AvgIpc) is 0.879. The number of nitrogens with zero attached hydrogens (tertiary/aromatic N) is 2. The average molecular weight is 1840 g/mol. The van der Waals surface area contributed by atoms with E-state index in [1.54, 1.807) is 106 Å². The van der Waals surface area contributed by atoms with Crippen LogP contribution >= 0.6 is 0 Å². The SMILES string of the molecule is COC1/C=C\C=C(/C)C(=O)NC2=CC(=O)C(N3CCC3)=C(C[C@@H](C)C[C@H](OC)[C@H](OC)[C@@H](C)/C=C(\C)[C@@H]1OC(N)=O)C2=O.COC1/C=C\C=C(/C)C(=O)NC2=CC(=O)C(NCCF)=C(C[C@@H](C)C[C@H](OC)[C@H](OC)[C@@H](C)/C=C(\C)[C@@H]1OC(N)=O)C2=O.COC1/C=C\C=C(/C)C(=O)NC2=CC(=O)C(NCCN(C)C)=C(C[C@@H](C)C[C@H](OC)[C@H](OC)[C@@H](C)/C=C(\C)[C@@H]1OC(N)=O)C2=O. The molecule has 7 aliphatic rings. The summed E-state index contributed by atoms with van der Waals surface area (Å²) in [6.07, 6.45) is 16.4. The number of carbonyl (C=O) groups is 12. The molecular weight excluding hydrogens is 1700 g/mol. The van der Waals surface area contributed by atoms with E-state index in [-0.39, 0.29) is 141 Å². The monoisotopic (exact) mass is 1830 g/mol. The third-order valence-corrected chi connectivity index (χ3v) is 23.5. The number of hydrogen-bond donors (Lipinski definition) is 8. The Hall–Kier alpha value is -10.7. The molecule has 0 aromatic heterocycles. The largest absolute Gasteiger partial charge is 0.439 e. The number of halogens is 1. The number of hydrogen-bond acceptors (Lipinski definition) is 28. The maximum Gasteiger partial charge on any atom is 0.405 e. The van der Waals surface area contributed by atoms with Gasteiger partial charge in [0.05, 0.1) is 70.8 Å². The summed E-state index contributed by atoms with van der Waals surface area (Å²) in [6, 6.07) is 0. The molecular formula is C96H139FN10O24. The molecule has 0 aromatic carbocycles. The number of nitrogens with two attached hydrogens (primary N) is 3. The molecule has 131 heavy (non-hydrogen) atoms. The molecule has 6 amide bonds. The Morgan fingerprint density at radius 3 is 1.00 bits per heavy atom. The summed E-state index contributed by atoms with van der Waals surface area (Å²) in [5.41, 5.74) is 20.2. The minimum atomic E-state index is -0.981. The summed E-state index contributed by atoms with van der Waals surface area (Å²) >= 11 is 0. The van der Waals surface area contributed by atoms with Crippen LogP contribution in [0.25, 0.3) is 0 Å². The molecule has 0 spiro atoms. The fraction of sp³-hybridized carbons (Fsp3) is 0.562. The van der Waals surface area contributed by atoms with Crippen molar-refractivity contribution in [3.63, 3.8) is 0 Å². The van der Waals surface area contributed by atoms with Gasteiger partial charge in [0.2, 0.25) is 34.7 Å². The molecule has 6 bridgehead atoms. The number of amides is 6. The van der Waals surface area contributed by atoms with E-state index in [1.807, 2.05) is 97.5 Å². The van der Waals surface area contributed by atoms with E-state index in [4.69, 9.17) is 74.0 Å². The van der Waals surface area contributed by atoms with Gasteiger partial charge in [0, 0.05) is 166 Å². The Bertz CT molecular complexity index is 4590. The molecule has 3 unspecified atom stereocenters. The molecule has 1 saturated heterocycles. The number of methoxy groups -OCH3 is 9. The smallest absolute Gasteiger partial charge is 0.405 e. The zero-order chi connectivity index (χ0) is 98.0. The van der Waals surface area contributed by atoms with Crippen LogP contribution in [0.15, 0.2) is 175 Å². The first-order valence-corrected chi connectivity index (χ1v) is 43.8. The van der Waals surface area contributed by atoms with Gasteiger partial charge in [0.25, 0.3) is 17.7 Å². The minimum Gasteiger partial charge on any atom is -0.439 e. The van der Waals surface area contributed by atoms with E-state index >= 15 is 0 Å². The van der Waals surface area contributed by atoms with Crippen molar-refractivity contribution in [3.8, 4) is 0 Å². The highest BCUT2D eigenvalue weighted by Crippen LogP contribution is 2.36. The van der Waals surface area contributed by atoms with Crippen molar-refractivity contribution in [2.75, 3.05) is 117 Å². The molecule has 3 aliphatic carbocycles. The Morgan fingerprint density at radius 1 is 0.435 bits per heavy atom. The molecule has 1 fully saturated rings. The van der Waals surface area contributed by atoms with E-state index in [0.717, 1.165) is 12.5 Å². The number of fused-ring (bicyclic) bond motifs is 6. The molecule has 4 aliphatic heterocycles. The quantitative estimate of drug-likeness (QED) is 0.0321. The Labute approximate surface area is 769 Å². The topological polar surface area (TPSA) is 460 Å². The lowest BCUT2D eigenvalue weighted by Crippen LogP contribution is -2.43. The van der Waals surface area contributed by atoms with Crippen LogP contribution < -0.4 is 43.8 Å². The molecule has 4 heterocycles. The lowest BCUT2D eigenvalue weighted by Gasteiger charge is -2.37. The summed E-state index contributed by atoms with van der Waals surface area (Å²) in [7, 11) is 17.8. The van der Waals surface area contributed by atoms with Crippen LogP contribution in [0.2, 0.25) is 0 Å². The van der Waals surface area contributed by atoms with Gasteiger partial charge < -0.3 is 110 Å². The van der Waals surface area contributed by atoms with Crippen LogP contribution in [-0.2, 0) is 100.0 Å². The number of Topliss-reactive ketones (excluding diaryl/α,β-unsaturated/α-hetero) is 3. The number of ether oxygens (including phenoxy) is 12. The molecule has 18 atom stereocenters. The highest BCUT2D eigenvalue weighted by Gasteiger charge is 2.41. The van der Waals surface area contributed by atoms with E-state index in [9.17, 15) is 61.9 Å². The molecule has 11 N–H and O–H groups in total. The summed E-state index contributed by atoms with van der Waals surface area (Å²) < 4.78 is 81.4. The maximum atomic E-state index is 13.8. The van der Waals surface area contributed by atoms with E-state index in [0.29, 0.717) is 85.4 Å². The zero-order valence-electron chi connectivity index (χ0n) is 80.0. The van der Waals surface area contributed by atoms with E-state index in [2.05, 4.69) is 26.6 Å². The van der Waals surface area contributed by atoms with Gasteiger partial charge in [-0.15, -0.1) is 0 Å². The molecule has 0 radical (unpaired) electrons. The highest BCUT2D eigenvalue weighted by atomic mass is 19.1. The van der Waals surface area contributed by atoms with Crippen molar-refractivity contribution < 1.29 is 119 Å². The number of primary amides is 3. The summed E-state index contributed by atoms with van der Waals surface area (Å²) in [5, 5.41) is 13.7. The summed E-state index contributed by atoms with van der Waals surface area (Å²) in [5.74, 6) is -5.20. The lowest BCUT2D eigenvalue weighted by molar-refractivity contribution is -0.120. The Morgan fingerprint density at radius 2 is 0.733 bits per heavy atom. The van der Waals surface area contributed by atoms with Crippen LogP contribution in [-0.4, -0.2) is 271 Å². The van der Waals surface area contributed by atoms with Crippen LogP contribution in [0.1, 0.15) is 128 Å². The Kier molecular flexibility index (Phi) is 45.9. The first-order valence-electron chi connectivity index (χ1n) is 43.8. The number of nitrogens with one attached hydrogen (secondary N) is 5. The van der Waals surface area contributed by atoms with Gasteiger partial charge in [0.1, 0.15) is 25.0 Å². The predicted octanol–water partition coefficient (Wildman–Crippen LogP) is 8.66. The van der Waals surface area contributed by atoms with Crippen molar-refractivity contribution in [1.29, 1.82) is 0 Å². The standard InChI is InChI=1S/C33H50N4O8.C32H45N3O8.C31H44FN3O8/c1-19-15-23-28(35-13-14-37(5)6)25(38)18-24(29(23)39)36-32(40)20(2)11-10-12-26(42-7)31(45-33(34)41)22(4)17-21(3)30(44-9)27(16-19)43-8;1-18-14-22-27(35-12-9-13-35)24(36)17-23(28(22)37)34-31(38)19(2)10-8-11-25(40-5)30(43-32(33)39)21(4)16-20(3)29(42-7)26(15-18)41-6;1-17-13-21-26(34-12-11-32)23(36)16-22(27(21)37)35-30(38)18(2)9-8-10-24(40-5)29(43-31(33)39)20(4)15-19(3)28(42-7)25(14-17)41-6/h10-12,17-19,21,26-27,30-31,35H,13-16H2,1-9H3,(H2,34,41)(H,36,40);8,10-11,16-18,20,25-26,29-30H,9,12-15H2,1-7H3,(H2,33,39)(H,34,38);8-10,15-17,19,24-25,28-29,34H,11-14H2,1-7H3,(H2,33,39)(H,35,38)/b12-10-,20-11+,22-17+;11-8-,19-10+,21-16+;10-8-,18-9+,20-15+/t19-,21+,26?,27+,30-,31+;18-,20+,25?,26+,29-,30+;17-,19+,24?,25+,28-,29+/m111/s1. The number of alkyl halides is 1. The van der Waals surface area contributed by atoms with Gasteiger partial charge in [-0.05, 0) is 135 Å². The lowest BCUT2D eigenvalue weighted by atomic mass is 9.84. The second-order valence-electron chi connectivity index (χ2n) is 34.1. The third kappa shape index (κ3) is 32.3. The molecule has 34 nitrogen and oxygen atoms in total. The third-order valence-electron chi connectivity index (χ3n) is 23.5. The molecule has 0 saturated carbocycles. The molecule has 35 heteroatoms. The highest BCUT2D eigenvalue weighted by molar-refractivity contribution is 6.25. The van der Waals surface area contributed by atoms with Crippen molar-refractivity contribution in [2.24, 2.45) is 52.7 Å². The summed E-state index contributed by atoms with van der Waals surface area (Å²) in [4.78, 5) is 159. The Balaban J connectivity index is 0.000000348. The fourth-order valence-electron chi connectivity index (χ4n) is 16.6. The maximum absolute atomic E-state index is 13.8. The zero-order valence-corrected chi connectivity index (χ0v) is 80.0. The first-order chi connectivity index (χ1) is 62.0. The van der Waals surface area contributed by atoms with Crippen LogP contribution in [0, 0.1) is 35.5 Å². The second-order valence-corrected chi connectivity index (χ2v) is 34.1. The minimum absolute atomic E-state index is 0.0175. The van der Waals surface area contributed by atoms with Gasteiger partial charge in [-0.2, -0.15) is 0 Å². The number of ketones is 6. The predicted molar refractivity (Wildman–Crippen MR) is 490 cm³/mol. The number of carbonyl (C=O) groups excluding carboxylic acids is 12. The summed E-state index contributed by atoms with van der Waals surface area (Å²) in [6.45, 7) is 23.5. The number of allylic oxidation sites excluding steroid dienone is 12. The first kappa shape index (κ1) is 111. The van der Waals surface area contributed by atoms with Gasteiger partial charge in [0.15, 0.2) is 18.3 Å². The van der Waals surface area contributed by atoms with Crippen LogP contribution in [0.3, 0.4) is 0 Å². The van der Waals surface area contributed by atoms with Gasteiger partial charge in [-0.25, -0.2) is 18.8 Å². The van der Waals surface area contributed by atoms with Crippen molar-refractivity contribution in [1.82, 2.24) is 36.4 Å². The molecule has 724 valence electrons. The van der Waals surface area contributed by atoms with Gasteiger partial charge in [-0.1, -0.05) is 114 Å². The number of rotatable bonds is 20. The van der Waals surface area contributed by atoms with Crippen molar-refractivity contribution >= 4 is 70.7 Å². The number of likely N-dealkylation sites (tertiary alicyclic amines) is 1. The van der Waals surface area contributed by atoms with Crippen molar-refractivity contribution in [2.45, 2.75) is 201 Å². The number of likely N-dealkylation sites (N-methyl/N-ethyl adjacent to an activating group) is 1.